The Labute approximate surface area is 273 Å². The second kappa shape index (κ2) is 15.1. The minimum atomic E-state index is -4.18. The summed E-state index contributed by atoms with van der Waals surface area (Å²) in [6, 6.07) is 23.4. The number of carbonyl (C=O) groups is 1. The van der Waals surface area contributed by atoms with Crippen molar-refractivity contribution in [2.75, 3.05) is 4.72 Å². The molecular formula is C32H34FN2NaO6S. The van der Waals surface area contributed by atoms with Crippen LogP contribution in [0.25, 0.3) is 22.4 Å². The van der Waals surface area contributed by atoms with Gasteiger partial charge in [-0.25, -0.2) is 12.8 Å². The number of carboxylic acids is 1. The van der Waals surface area contributed by atoms with Crippen LogP contribution in [0.4, 0.5) is 10.1 Å². The maximum absolute atomic E-state index is 14.2. The number of carboxylic acid groups (broad SMARTS) is 1. The van der Waals surface area contributed by atoms with Crippen molar-refractivity contribution in [1.82, 2.24) is 4.57 Å². The SMILES string of the molecule is CC(C)c1c(S(=O)(=O)Nc2ccccc2)c(-c2ccccc2)c(-c2ccc(F)cc2)n1CC[C@@H](O)C[C@@H](O)CC(=O)[O-].[Na+]. The minimum Gasteiger partial charge on any atom is -0.550 e. The number of sulfonamides is 1. The molecule has 0 fully saturated rings. The summed E-state index contributed by atoms with van der Waals surface area (Å²) in [4.78, 5) is 10.9. The van der Waals surface area contributed by atoms with Gasteiger partial charge in [0.25, 0.3) is 10.0 Å². The van der Waals surface area contributed by atoms with Crippen LogP contribution in [-0.2, 0) is 21.4 Å². The number of carbonyl (C=O) groups excluding carboxylic acids is 1. The quantitative estimate of drug-likeness (QED) is 0.195. The van der Waals surface area contributed by atoms with E-state index in [0.717, 1.165) is 0 Å². The molecule has 0 spiro atoms. The first kappa shape index (κ1) is 34.5. The Bertz CT molecular complexity index is 1610. The van der Waals surface area contributed by atoms with Gasteiger partial charge < -0.3 is 24.7 Å². The molecule has 3 aromatic carbocycles. The molecule has 4 rings (SSSR count). The number of aliphatic carboxylic acids is 1. The fourth-order valence-corrected chi connectivity index (χ4v) is 6.82. The van der Waals surface area contributed by atoms with E-state index in [2.05, 4.69) is 4.72 Å². The Morgan fingerprint density at radius 2 is 1.49 bits per heavy atom. The number of rotatable bonds is 13. The first-order valence-corrected chi connectivity index (χ1v) is 15.2. The average Bonchev–Trinajstić information content (AvgIpc) is 3.29. The molecule has 0 saturated heterocycles. The predicted molar refractivity (Wildman–Crippen MR) is 157 cm³/mol. The predicted octanol–water partition coefficient (Wildman–Crippen LogP) is 1.53. The number of halogens is 1. The van der Waals surface area contributed by atoms with Gasteiger partial charge in [-0.05, 0) is 66.3 Å². The molecule has 0 bridgehead atoms. The van der Waals surface area contributed by atoms with E-state index in [1.54, 1.807) is 54.6 Å². The number of aliphatic hydroxyl groups is 2. The fourth-order valence-electron chi connectivity index (χ4n) is 5.17. The fraction of sp³-hybridized carbons (Fsp3) is 0.281. The third kappa shape index (κ3) is 8.56. The van der Waals surface area contributed by atoms with Gasteiger partial charge in [0.15, 0.2) is 0 Å². The molecule has 8 nitrogen and oxygen atoms in total. The van der Waals surface area contributed by atoms with Crippen molar-refractivity contribution in [3.05, 3.63) is 96.4 Å². The zero-order valence-electron chi connectivity index (χ0n) is 24.4. The largest absolute Gasteiger partial charge is 1.00 e. The molecule has 2 atom stereocenters. The number of aliphatic hydroxyl groups excluding tert-OH is 2. The summed E-state index contributed by atoms with van der Waals surface area (Å²) in [7, 11) is -4.18. The molecule has 0 aliphatic carbocycles. The molecular weight excluding hydrogens is 582 g/mol. The molecule has 43 heavy (non-hydrogen) atoms. The summed E-state index contributed by atoms with van der Waals surface area (Å²) in [5.74, 6) is -2.17. The van der Waals surface area contributed by atoms with Gasteiger partial charge >= 0.3 is 29.6 Å². The van der Waals surface area contributed by atoms with E-state index in [1.165, 1.54) is 12.1 Å². The Balaban J connectivity index is 0.00000506. The van der Waals surface area contributed by atoms with Gasteiger partial charge in [0.05, 0.1) is 17.9 Å². The van der Waals surface area contributed by atoms with Crippen molar-refractivity contribution in [3.8, 4) is 22.4 Å². The summed E-state index contributed by atoms with van der Waals surface area (Å²) in [5, 5.41) is 31.6. The number of nitrogens with one attached hydrogen (secondary N) is 1. The molecule has 3 N–H and O–H groups in total. The van der Waals surface area contributed by atoms with Crippen molar-refractivity contribution >= 4 is 21.7 Å². The average molecular weight is 617 g/mol. The number of nitrogens with zero attached hydrogens (tertiary/aromatic N) is 1. The molecule has 0 saturated carbocycles. The Kier molecular flexibility index (Phi) is 12.1. The van der Waals surface area contributed by atoms with Gasteiger partial charge in [-0.2, -0.15) is 0 Å². The maximum atomic E-state index is 14.2. The van der Waals surface area contributed by atoms with E-state index in [4.69, 9.17) is 0 Å². The maximum Gasteiger partial charge on any atom is 1.00 e. The number of hydrogen-bond acceptors (Lipinski definition) is 6. The van der Waals surface area contributed by atoms with Crippen LogP contribution in [0.15, 0.2) is 89.8 Å². The molecule has 222 valence electrons. The normalized spacial score (nSPS) is 12.9. The van der Waals surface area contributed by atoms with E-state index in [9.17, 15) is 32.9 Å². The van der Waals surface area contributed by atoms with Crippen LogP contribution in [0.3, 0.4) is 0 Å². The summed E-state index contributed by atoms with van der Waals surface area (Å²) >= 11 is 0. The summed E-state index contributed by atoms with van der Waals surface area (Å²) in [6.45, 7) is 3.88. The van der Waals surface area contributed by atoms with Crippen molar-refractivity contribution in [3.63, 3.8) is 0 Å². The van der Waals surface area contributed by atoms with Crippen molar-refractivity contribution in [1.29, 1.82) is 0 Å². The van der Waals surface area contributed by atoms with Crippen molar-refractivity contribution < 1.29 is 62.5 Å². The first-order chi connectivity index (χ1) is 20.0. The minimum absolute atomic E-state index is 0. The zero-order valence-corrected chi connectivity index (χ0v) is 27.2. The van der Waals surface area contributed by atoms with E-state index in [-0.39, 0.29) is 59.8 Å². The van der Waals surface area contributed by atoms with Gasteiger partial charge in [0.2, 0.25) is 0 Å². The molecule has 0 radical (unpaired) electrons. The van der Waals surface area contributed by atoms with Crippen LogP contribution in [0.1, 0.15) is 44.7 Å². The third-order valence-electron chi connectivity index (χ3n) is 6.91. The van der Waals surface area contributed by atoms with Gasteiger partial charge in [0, 0.05) is 35.9 Å². The molecule has 1 heterocycles. The van der Waals surface area contributed by atoms with E-state index >= 15 is 0 Å². The Hall–Kier alpha value is -2.99. The zero-order chi connectivity index (χ0) is 30.4. The van der Waals surface area contributed by atoms with Gasteiger partial charge in [0.1, 0.15) is 10.7 Å². The molecule has 0 aliphatic rings. The number of para-hydroxylation sites is 1. The number of aromatic nitrogens is 1. The van der Waals surface area contributed by atoms with Crippen LogP contribution in [0, 0.1) is 5.82 Å². The molecule has 4 aromatic rings. The third-order valence-corrected chi connectivity index (χ3v) is 8.37. The number of hydrogen-bond donors (Lipinski definition) is 3. The van der Waals surface area contributed by atoms with Crippen LogP contribution in [0.5, 0.6) is 0 Å². The molecule has 1 aromatic heterocycles. The van der Waals surface area contributed by atoms with Crippen molar-refractivity contribution in [2.24, 2.45) is 0 Å². The second-order valence-corrected chi connectivity index (χ2v) is 12.1. The molecule has 0 unspecified atom stereocenters. The van der Waals surface area contributed by atoms with Crippen LogP contribution in [0.2, 0.25) is 0 Å². The van der Waals surface area contributed by atoms with Gasteiger partial charge in [-0.3, -0.25) is 4.72 Å². The van der Waals surface area contributed by atoms with Crippen LogP contribution >= 0.6 is 0 Å². The monoisotopic (exact) mass is 616 g/mol. The first-order valence-electron chi connectivity index (χ1n) is 13.7. The molecule has 0 aliphatic heterocycles. The van der Waals surface area contributed by atoms with Gasteiger partial charge in [-0.1, -0.05) is 62.4 Å². The van der Waals surface area contributed by atoms with Crippen molar-refractivity contribution in [2.45, 2.75) is 62.7 Å². The number of benzene rings is 3. The second-order valence-electron chi connectivity index (χ2n) is 10.5. The van der Waals surface area contributed by atoms with Crippen LogP contribution < -0.4 is 39.4 Å². The topological polar surface area (TPSA) is 132 Å². The number of anilines is 1. The van der Waals surface area contributed by atoms with E-state index < -0.39 is 40.4 Å². The molecule has 0 amide bonds. The Morgan fingerprint density at radius 1 is 0.907 bits per heavy atom. The van der Waals surface area contributed by atoms with Gasteiger partial charge in [-0.15, -0.1) is 0 Å². The smallest absolute Gasteiger partial charge is 0.550 e. The molecule has 11 heteroatoms. The van der Waals surface area contributed by atoms with E-state index in [1.807, 2.05) is 36.6 Å². The standard InChI is InChI=1S/C32H35FN2O6S.Na/c1-21(2)30-32(42(40,41)34-25-11-7-4-8-12-25)29(22-9-5-3-6-10-22)31(23-13-15-24(33)16-14-23)35(30)18-17-26(36)19-27(37)20-28(38)39;/h3-16,21,26-27,34,36-37H,17-20H2,1-2H3,(H,38,39);/q;+1/p-1/t26-,27-;/m1./s1. The van der Waals surface area contributed by atoms with Crippen LogP contribution in [-0.4, -0.2) is 41.4 Å². The summed E-state index contributed by atoms with van der Waals surface area (Å²) in [5.41, 5.74) is 3.04. The summed E-state index contributed by atoms with van der Waals surface area (Å²) in [6.07, 6.45) is -3.08. The summed E-state index contributed by atoms with van der Waals surface area (Å²) < 4.78 is 47.0. The van der Waals surface area contributed by atoms with E-state index in [0.29, 0.717) is 33.8 Å². The Morgan fingerprint density at radius 3 is 2.05 bits per heavy atom.